The number of anilines is 1. The van der Waals surface area contributed by atoms with Gasteiger partial charge in [-0.25, -0.2) is 4.39 Å². The predicted molar refractivity (Wildman–Crippen MR) is 85.2 cm³/mol. The minimum Gasteiger partial charge on any atom is -0.545 e. The topological polar surface area (TPSA) is 87.1 Å². The van der Waals surface area contributed by atoms with Crippen LogP contribution in [0.1, 0.15) is 10.4 Å². The number of carbonyl (C=O) groups is 1. The number of nitrogens with zero attached hydrogens (tertiary/aromatic N) is 3. The Hall–Kier alpha value is -1.81. The van der Waals surface area contributed by atoms with Crippen molar-refractivity contribution in [3.05, 3.63) is 33.9 Å². The summed E-state index contributed by atoms with van der Waals surface area (Å²) in [6, 6.07) is 1.07. The fourth-order valence-electron chi connectivity index (χ4n) is 3.25. The molecular weight excluding hydrogens is 356 g/mol. The fraction of sp³-hybridized carbons (Fsp3) is 0.375. The van der Waals surface area contributed by atoms with Crippen LogP contribution in [-0.2, 0) is 4.74 Å². The largest absolute Gasteiger partial charge is 1.00 e. The second-order valence-corrected chi connectivity index (χ2v) is 5.97. The van der Waals surface area contributed by atoms with Gasteiger partial charge >= 0.3 is 29.6 Å². The average molecular weight is 371 g/mol. The smallest absolute Gasteiger partial charge is 0.545 e. The van der Waals surface area contributed by atoms with Gasteiger partial charge in [0.1, 0.15) is 11.2 Å². The fourth-order valence-corrected chi connectivity index (χ4v) is 3.25. The Bertz CT molecular complexity index is 942. The number of halogens is 1. The summed E-state index contributed by atoms with van der Waals surface area (Å²) in [5.74, 6) is -2.00. The zero-order chi connectivity index (χ0) is 17.7. The second-order valence-electron chi connectivity index (χ2n) is 5.97. The number of hydrogen-bond acceptors (Lipinski definition) is 7. The molecule has 0 saturated carbocycles. The predicted octanol–water partition coefficient (Wildman–Crippen LogP) is -3.74. The van der Waals surface area contributed by atoms with Gasteiger partial charge in [0, 0.05) is 26.3 Å². The monoisotopic (exact) mass is 371 g/mol. The molecule has 0 radical (unpaired) electrons. The van der Waals surface area contributed by atoms with E-state index in [0.717, 1.165) is 6.07 Å². The molecule has 1 fully saturated rings. The summed E-state index contributed by atoms with van der Waals surface area (Å²) < 4.78 is 27.3. The first kappa shape index (κ1) is 19.0. The van der Waals surface area contributed by atoms with Gasteiger partial charge in [0.05, 0.1) is 30.1 Å². The van der Waals surface area contributed by atoms with Gasteiger partial charge in [0.2, 0.25) is 0 Å². The zero-order valence-corrected chi connectivity index (χ0v) is 16.5. The Morgan fingerprint density at radius 3 is 2.65 bits per heavy atom. The number of carboxylic acid groups (broad SMARTS) is 1. The summed E-state index contributed by atoms with van der Waals surface area (Å²) in [6.45, 7) is 2.00. The van der Waals surface area contributed by atoms with Crippen LogP contribution in [0.4, 0.5) is 10.1 Å². The Kier molecular flexibility index (Phi) is 5.16. The molecule has 0 bridgehead atoms. The molecular formula is C16H15FN3NaO5. The number of pyridine rings is 1. The number of ether oxygens (including phenoxy) is 2. The van der Waals surface area contributed by atoms with Gasteiger partial charge < -0.3 is 24.3 Å². The minimum atomic E-state index is -1.60. The number of carboxylic acids is 1. The summed E-state index contributed by atoms with van der Waals surface area (Å²) in [5.41, 5.74) is -0.713. The number of morpholine rings is 1. The van der Waals surface area contributed by atoms with E-state index in [1.807, 2.05) is 0 Å². The molecule has 2 aliphatic heterocycles. The van der Waals surface area contributed by atoms with E-state index in [2.05, 4.69) is 0 Å². The van der Waals surface area contributed by atoms with Gasteiger partial charge in [-0.1, -0.05) is 0 Å². The maximum Gasteiger partial charge on any atom is 1.00 e. The van der Waals surface area contributed by atoms with Crippen molar-refractivity contribution < 1.29 is 53.3 Å². The van der Waals surface area contributed by atoms with Gasteiger partial charge in [-0.15, -0.1) is 0 Å². The van der Waals surface area contributed by atoms with Gasteiger partial charge in [-0.3, -0.25) is 14.5 Å². The summed E-state index contributed by atoms with van der Waals surface area (Å²) in [4.78, 5) is 25.5. The maximum absolute atomic E-state index is 14.8. The van der Waals surface area contributed by atoms with E-state index in [0.29, 0.717) is 31.8 Å². The summed E-state index contributed by atoms with van der Waals surface area (Å²) in [7, 11) is 1.67. The average Bonchev–Trinajstić information content (AvgIpc) is 2.60. The van der Waals surface area contributed by atoms with E-state index in [-0.39, 0.29) is 53.1 Å². The standard InChI is InChI=1S/C16H16FN3O5.Na/c1-18-8-25-15-12-9(14(21)10(16(22)23)7-20(12)18)6-11(17)13(15)19-2-4-24-5-3-19;/h6-7H,2-5,8H2,1H3,(H,22,23);/q;+1/p-1. The molecule has 1 saturated heterocycles. The van der Waals surface area contributed by atoms with Crippen LogP contribution in [0.5, 0.6) is 5.75 Å². The molecule has 2 aromatic rings. The van der Waals surface area contributed by atoms with Crippen LogP contribution in [0.25, 0.3) is 10.9 Å². The third kappa shape index (κ3) is 2.84. The van der Waals surface area contributed by atoms with Crippen molar-refractivity contribution in [3.63, 3.8) is 0 Å². The van der Waals surface area contributed by atoms with E-state index in [1.165, 1.54) is 10.9 Å². The van der Waals surface area contributed by atoms with E-state index in [9.17, 15) is 19.1 Å². The van der Waals surface area contributed by atoms with E-state index in [4.69, 9.17) is 9.47 Å². The van der Waals surface area contributed by atoms with Gasteiger partial charge in [0.15, 0.2) is 23.7 Å². The Morgan fingerprint density at radius 2 is 2.00 bits per heavy atom. The van der Waals surface area contributed by atoms with Crippen molar-refractivity contribution in [2.24, 2.45) is 0 Å². The zero-order valence-electron chi connectivity index (χ0n) is 14.5. The van der Waals surface area contributed by atoms with E-state index in [1.54, 1.807) is 17.0 Å². The third-order valence-electron chi connectivity index (χ3n) is 4.46. The van der Waals surface area contributed by atoms with Crippen LogP contribution < -0.4 is 54.7 Å². The SMILES string of the molecule is CN1COc2c(N3CCOCC3)c(F)cc3c(=O)c(C(=O)[O-])cn1c23.[Na+]. The van der Waals surface area contributed by atoms with Gasteiger partial charge in [0.25, 0.3) is 0 Å². The summed E-state index contributed by atoms with van der Waals surface area (Å²) >= 11 is 0. The number of aromatic carboxylic acids is 1. The molecule has 1 aromatic carbocycles. The van der Waals surface area contributed by atoms with Crippen LogP contribution in [0.15, 0.2) is 17.1 Å². The third-order valence-corrected chi connectivity index (χ3v) is 4.46. The van der Waals surface area contributed by atoms with Crippen LogP contribution in [0.3, 0.4) is 0 Å². The van der Waals surface area contributed by atoms with E-state index >= 15 is 0 Å². The molecule has 2 aliphatic rings. The first-order valence-electron chi connectivity index (χ1n) is 7.79. The number of aromatic nitrogens is 1. The molecule has 26 heavy (non-hydrogen) atoms. The second kappa shape index (κ2) is 7.07. The summed E-state index contributed by atoms with van der Waals surface area (Å²) in [6.07, 6.45) is 1.19. The van der Waals surface area contributed by atoms with Gasteiger partial charge in [-0.05, 0) is 6.07 Å². The quantitative estimate of drug-likeness (QED) is 0.502. The number of rotatable bonds is 2. The normalized spacial score (nSPS) is 16.2. The first-order chi connectivity index (χ1) is 12.0. The molecule has 0 N–H and O–H groups in total. The molecule has 10 heteroatoms. The Morgan fingerprint density at radius 1 is 1.31 bits per heavy atom. The van der Waals surface area contributed by atoms with Crippen LogP contribution in [0.2, 0.25) is 0 Å². The molecule has 0 spiro atoms. The van der Waals surface area contributed by atoms with E-state index < -0.39 is 22.8 Å². The number of hydrogen-bond donors (Lipinski definition) is 0. The summed E-state index contributed by atoms with van der Waals surface area (Å²) in [5, 5.41) is 12.8. The molecule has 4 rings (SSSR count). The molecule has 0 amide bonds. The van der Waals surface area contributed by atoms with Crippen molar-refractivity contribution in [1.29, 1.82) is 0 Å². The first-order valence-corrected chi connectivity index (χ1v) is 7.79. The molecule has 0 unspecified atom stereocenters. The van der Waals surface area contributed by atoms with Crippen molar-refractivity contribution in [3.8, 4) is 5.75 Å². The maximum atomic E-state index is 14.8. The van der Waals surface area contributed by atoms with Crippen molar-refractivity contribution in [2.75, 3.05) is 50.0 Å². The molecule has 0 aliphatic carbocycles. The molecule has 8 nitrogen and oxygen atoms in total. The molecule has 3 heterocycles. The molecule has 0 atom stereocenters. The number of carbonyl (C=O) groups excluding carboxylic acids is 1. The van der Waals surface area contributed by atoms with Gasteiger partial charge in [-0.2, -0.15) is 0 Å². The van der Waals surface area contributed by atoms with Crippen molar-refractivity contribution in [2.45, 2.75) is 0 Å². The molecule has 1 aromatic heterocycles. The van der Waals surface area contributed by atoms with Crippen LogP contribution in [0, 0.1) is 5.82 Å². The van der Waals surface area contributed by atoms with Crippen LogP contribution in [-0.4, -0.2) is 50.7 Å². The van der Waals surface area contributed by atoms with Crippen molar-refractivity contribution in [1.82, 2.24) is 4.68 Å². The number of benzene rings is 1. The minimum absolute atomic E-state index is 0. The Labute approximate surface area is 169 Å². The van der Waals surface area contributed by atoms with Crippen LogP contribution >= 0.6 is 0 Å². The Balaban J connectivity index is 0.00000196. The molecule has 132 valence electrons. The van der Waals surface area contributed by atoms with Crippen molar-refractivity contribution >= 4 is 22.6 Å².